The largest absolute Gasteiger partial charge is 0.478 e. The van der Waals surface area contributed by atoms with Gasteiger partial charge in [-0.25, -0.2) is 9.79 Å². The van der Waals surface area contributed by atoms with Crippen LogP contribution in [0, 0.1) is 0 Å². The number of aromatic nitrogens is 1. The topological polar surface area (TPSA) is 84.8 Å². The molecule has 1 N–H and O–H groups in total. The van der Waals surface area contributed by atoms with E-state index in [1.54, 1.807) is 53.8 Å². The van der Waals surface area contributed by atoms with Crippen LogP contribution in [0.1, 0.15) is 44.6 Å². The standard InChI is InChI=1S/C30H20N2O4S2/c33-28-25(16-18-12-14-23(36-18)20-8-3-4-9-21(20)29(34)35)38-30-31-26-19-7-2-1-6-17(19)11-13-22(26)27(32(28)30)24-10-5-15-37-24/h1-10,12,14-16,27H,11,13H2,(H,34,35)/b25-16-/t27-/m1/s1. The first-order valence-electron chi connectivity index (χ1n) is 12.2. The van der Waals surface area contributed by atoms with Gasteiger partial charge in [0.05, 0.1) is 21.8 Å². The first-order valence-corrected chi connectivity index (χ1v) is 13.9. The van der Waals surface area contributed by atoms with Crippen LogP contribution in [0.2, 0.25) is 0 Å². The molecule has 0 unspecified atom stereocenters. The Morgan fingerprint density at radius 2 is 1.82 bits per heavy atom. The summed E-state index contributed by atoms with van der Waals surface area (Å²) < 4.78 is 8.33. The van der Waals surface area contributed by atoms with Gasteiger partial charge in [0.15, 0.2) is 4.80 Å². The lowest BCUT2D eigenvalue weighted by Crippen LogP contribution is -2.38. The summed E-state index contributed by atoms with van der Waals surface area (Å²) in [6.45, 7) is 0. The summed E-state index contributed by atoms with van der Waals surface area (Å²) in [5.74, 6) is -0.108. The Balaban J connectivity index is 1.38. The minimum absolute atomic E-state index is 0.110. The van der Waals surface area contributed by atoms with Crippen molar-refractivity contribution in [1.29, 1.82) is 0 Å². The van der Waals surface area contributed by atoms with Crippen molar-refractivity contribution in [3.8, 4) is 11.3 Å². The third kappa shape index (κ3) is 3.64. The van der Waals surface area contributed by atoms with Crippen LogP contribution >= 0.6 is 22.7 Å². The first kappa shape index (κ1) is 22.9. The average molecular weight is 537 g/mol. The highest BCUT2D eigenvalue weighted by Crippen LogP contribution is 2.42. The second kappa shape index (κ2) is 8.93. The molecule has 0 amide bonds. The highest BCUT2D eigenvalue weighted by Gasteiger charge is 2.33. The van der Waals surface area contributed by atoms with Gasteiger partial charge < -0.3 is 9.52 Å². The van der Waals surface area contributed by atoms with Crippen molar-refractivity contribution in [3.05, 3.63) is 131 Å². The van der Waals surface area contributed by atoms with Crippen molar-refractivity contribution in [3.63, 3.8) is 0 Å². The molecule has 6 nitrogen and oxygen atoms in total. The lowest BCUT2D eigenvalue weighted by Gasteiger charge is -2.30. The smallest absolute Gasteiger partial charge is 0.336 e. The third-order valence-corrected chi connectivity index (χ3v) is 8.92. The average Bonchev–Trinajstić information content (AvgIpc) is 3.69. The molecular formula is C30H20N2O4S2. The Labute approximate surface area is 224 Å². The summed E-state index contributed by atoms with van der Waals surface area (Å²) in [5, 5.41) is 11.6. The number of furan rings is 1. The van der Waals surface area contributed by atoms with E-state index in [1.807, 2.05) is 22.1 Å². The maximum atomic E-state index is 13.8. The number of thiazole rings is 1. The molecule has 2 aromatic carbocycles. The predicted octanol–water partition coefficient (Wildman–Crippen LogP) is 5.34. The normalized spacial score (nSPS) is 16.5. The highest BCUT2D eigenvalue weighted by atomic mass is 32.1. The fourth-order valence-corrected chi connectivity index (χ4v) is 7.14. The van der Waals surface area contributed by atoms with Gasteiger partial charge in [-0.15, -0.1) is 11.3 Å². The number of fused-ring (bicyclic) bond motifs is 3. The number of rotatable bonds is 4. The van der Waals surface area contributed by atoms with E-state index in [0.717, 1.165) is 29.0 Å². The molecule has 186 valence electrons. The van der Waals surface area contributed by atoms with Crippen molar-refractivity contribution < 1.29 is 14.3 Å². The van der Waals surface area contributed by atoms with Gasteiger partial charge in [0.25, 0.3) is 5.56 Å². The van der Waals surface area contributed by atoms with Gasteiger partial charge in [-0.05, 0) is 53.6 Å². The molecule has 5 aromatic rings. The lowest BCUT2D eigenvalue weighted by atomic mass is 9.85. The van der Waals surface area contributed by atoms with E-state index in [9.17, 15) is 14.7 Å². The molecule has 1 aliphatic carbocycles. The minimum Gasteiger partial charge on any atom is -0.478 e. The molecular weight excluding hydrogens is 516 g/mol. The number of carboxylic acid groups (broad SMARTS) is 1. The zero-order valence-corrected chi connectivity index (χ0v) is 21.6. The third-order valence-electron chi connectivity index (χ3n) is 7.01. The summed E-state index contributed by atoms with van der Waals surface area (Å²) in [5.41, 5.74) is 5.12. The first-order chi connectivity index (χ1) is 18.6. The molecule has 0 saturated heterocycles. The zero-order chi connectivity index (χ0) is 25.8. The maximum absolute atomic E-state index is 13.8. The fourth-order valence-electron chi connectivity index (χ4n) is 5.31. The molecule has 1 aliphatic heterocycles. The van der Waals surface area contributed by atoms with Crippen LogP contribution < -0.4 is 14.9 Å². The van der Waals surface area contributed by atoms with Crippen LogP contribution in [0.25, 0.3) is 23.1 Å². The number of aryl methyl sites for hydroxylation is 1. The van der Waals surface area contributed by atoms with Crippen LogP contribution in [-0.2, 0) is 6.42 Å². The summed E-state index contributed by atoms with van der Waals surface area (Å²) in [7, 11) is 0. The number of allylic oxidation sites excluding steroid dienone is 1. The molecule has 0 radical (unpaired) electrons. The summed E-state index contributed by atoms with van der Waals surface area (Å²) in [6.07, 6.45) is 3.50. The van der Waals surface area contributed by atoms with Crippen LogP contribution in [0.4, 0.5) is 0 Å². The summed E-state index contributed by atoms with van der Waals surface area (Å²) in [4.78, 5) is 32.3. The lowest BCUT2D eigenvalue weighted by molar-refractivity contribution is 0.0697. The Morgan fingerprint density at radius 1 is 1.00 bits per heavy atom. The van der Waals surface area contributed by atoms with Gasteiger partial charge in [-0.1, -0.05) is 59.9 Å². The van der Waals surface area contributed by atoms with Crippen LogP contribution in [-0.4, -0.2) is 15.6 Å². The molecule has 7 rings (SSSR count). The summed E-state index contributed by atoms with van der Waals surface area (Å²) in [6, 6.07) is 22.5. The molecule has 38 heavy (non-hydrogen) atoms. The van der Waals surface area contributed by atoms with Gasteiger partial charge in [-0.2, -0.15) is 0 Å². The van der Waals surface area contributed by atoms with Crippen molar-refractivity contribution in [1.82, 2.24) is 4.57 Å². The highest BCUT2D eigenvalue weighted by molar-refractivity contribution is 7.10. The van der Waals surface area contributed by atoms with Gasteiger partial charge in [0.2, 0.25) is 0 Å². The number of carboxylic acids is 1. The van der Waals surface area contributed by atoms with E-state index in [4.69, 9.17) is 9.41 Å². The Morgan fingerprint density at radius 3 is 2.63 bits per heavy atom. The van der Waals surface area contributed by atoms with Gasteiger partial charge in [0.1, 0.15) is 11.5 Å². The number of thiophene rings is 1. The number of benzene rings is 2. The Hall–Kier alpha value is -4.27. The zero-order valence-electron chi connectivity index (χ0n) is 20.0. The number of carbonyl (C=O) groups is 1. The molecule has 3 aromatic heterocycles. The fraction of sp³-hybridized carbons (Fsp3) is 0.100. The van der Waals surface area contributed by atoms with E-state index >= 15 is 0 Å². The number of nitrogens with zero attached hydrogens (tertiary/aromatic N) is 2. The Kier molecular flexibility index (Phi) is 5.38. The number of hydrogen-bond donors (Lipinski definition) is 1. The van der Waals surface area contributed by atoms with E-state index in [2.05, 4.69) is 24.3 Å². The second-order valence-corrected chi connectivity index (χ2v) is 11.2. The van der Waals surface area contributed by atoms with Gasteiger partial charge in [-0.3, -0.25) is 9.36 Å². The molecule has 2 aliphatic rings. The quantitative estimate of drug-likeness (QED) is 0.336. The molecule has 0 bridgehead atoms. The van der Waals surface area contributed by atoms with Crippen LogP contribution in [0.3, 0.4) is 0 Å². The van der Waals surface area contributed by atoms with Gasteiger partial charge in [0, 0.05) is 22.1 Å². The van der Waals surface area contributed by atoms with Crippen molar-refractivity contribution in [2.75, 3.05) is 0 Å². The molecule has 0 saturated carbocycles. The number of hydrogen-bond acceptors (Lipinski definition) is 6. The van der Waals surface area contributed by atoms with E-state index in [-0.39, 0.29) is 17.2 Å². The van der Waals surface area contributed by atoms with Crippen molar-refractivity contribution >= 4 is 40.4 Å². The molecule has 0 fully saturated rings. The van der Waals surface area contributed by atoms with Gasteiger partial charge >= 0.3 is 5.97 Å². The SMILES string of the molecule is O=C(O)c1ccccc1-c1ccc(/C=c2\sc3n(c2=O)[C@@H](c2cccs2)C2=C(N=3)c3ccccc3CC2)o1. The molecule has 4 heterocycles. The van der Waals surface area contributed by atoms with Crippen LogP contribution in [0.15, 0.2) is 98.0 Å². The van der Waals surface area contributed by atoms with Crippen molar-refractivity contribution in [2.24, 2.45) is 4.99 Å². The van der Waals surface area contributed by atoms with E-state index in [0.29, 0.717) is 26.4 Å². The maximum Gasteiger partial charge on any atom is 0.336 e. The molecule has 1 atom stereocenters. The number of aromatic carboxylic acids is 1. The van der Waals surface area contributed by atoms with Crippen LogP contribution in [0.5, 0.6) is 0 Å². The van der Waals surface area contributed by atoms with E-state index < -0.39 is 5.97 Å². The Bertz CT molecular complexity index is 1940. The monoisotopic (exact) mass is 536 g/mol. The predicted molar refractivity (Wildman–Crippen MR) is 148 cm³/mol. The molecule has 8 heteroatoms. The van der Waals surface area contributed by atoms with E-state index in [1.165, 1.54) is 22.5 Å². The van der Waals surface area contributed by atoms with Crippen molar-refractivity contribution in [2.45, 2.75) is 18.9 Å². The summed E-state index contributed by atoms with van der Waals surface area (Å²) >= 11 is 2.99. The second-order valence-electron chi connectivity index (χ2n) is 9.18. The minimum atomic E-state index is -1.02. The molecule has 0 spiro atoms.